The summed E-state index contributed by atoms with van der Waals surface area (Å²) in [6, 6.07) is 3.93. The molecule has 1 rings (SSSR count). The van der Waals surface area contributed by atoms with Gasteiger partial charge in [-0.15, -0.1) is 0 Å². The highest BCUT2D eigenvalue weighted by atomic mass is 35.7. The largest absolute Gasteiger partial charge is 0.495 e. The van der Waals surface area contributed by atoms with E-state index in [2.05, 4.69) is 5.32 Å². The van der Waals surface area contributed by atoms with Crippen LogP contribution in [0.2, 0.25) is 0 Å². The SMILES string of the molecule is CCOCC(=O)Nc1cc(S(=O)(=O)Cl)ccc1OC. The number of ether oxygens (including phenoxy) is 2. The molecule has 19 heavy (non-hydrogen) atoms. The first kappa shape index (κ1) is 15.7. The van der Waals surface area contributed by atoms with E-state index in [1.807, 2.05) is 0 Å². The van der Waals surface area contributed by atoms with Crippen LogP contribution in [0.3, 0.4) is 0 Å². The number of benzene rings is 1. The molecule has 0 heterocycles. The van der Waals surface area contributed by atoms with Gasteiger partial charge in [0.2, 0.25) is 5.91 Å². The topological polar surface area (TPSA) is 81.7 Å². The lowest BCUT2D eigenvalue weighted by Gasteiger charge is -2.11. The van der Waals surface area contributed by atoms with Gasteiger partial charge in [-0.2, -0.15) is 0 Å². The second-order valence-electron chi connectivity index (χ2n) is 3.49. The van der Waals surface area contributed by atoms with Gasteiger partial charge in [-0.3, -0.25) is 4.79 Å². The summed E-state index contributed by atoms with van der Waals surface area (Å²) in [4.78, 5) is 11.4. The third kappa shape index (κ3) is 4.70. The fraction of sp³-hybridized carbons (Fsp3) is 0.364. The molecule has 0 atom stereocenters. The monoisotopic (exact) mass is 307 g/mol. The van der Waals surface area contributed by atoms with Gasteiger partial charge in [-0.1, -0.05) is 0 Å². The van der Waals surface area contributed by atoms with Crippen LogP contribution in [-0.2, 0) is 18.6 Å². The summed E-state index contributed by atoms with van der Waals surface area (Å²) in [6.07, 6.45) is 0. The molecule has 0 aromatic heterocycles. The van der Waals surface area contributed by atoms with E-state index >= 15 is 0 Å². The molecule has 0 radical (unpaired) electrons. The van der Waals surface area contributed by atoms with E-state index in [9.17, 15) is 13.2 Å². The fourth-order valence-electron chi connectivity index (χ4n) is 1.32. The molecule has 0 spiro atoms. The molecule has 0 saturated carbocycles. The summed E-state index contributed by atoms with van der Waals surface area (Å²) in [5.41, 5.74) is 0.217. The Hall–Kier alpha value is -1.31. The van der Waals surface area contributed by atoms with E-state index in [1.54, 1.807) is 6.92 Å². The highest BCUT2D eigenvalue weighted by molar-refractivity contribution is 8.13. The molecule has 6 nitrogen and oxygen atoms in total. The van der Waals surface area contributed by atoms with Crippen molar-refractivity contribution in [3.05, 3.63) is 18.2 Å². The van der Waals surface area contributed by atoms with Crippen LogP contribution in [0.4, 0.5) is 5.69 Å². The van der Waals surface area contributed by atoms with Gasteiger partial charge in [0.25, 0.3) is 9.05 Å². The molecule has 0 bridgehead atoms. The molecule has 0 aliphatic rings. The number of anilines is 1. The van der Waals surface area contributed by atoms with Gasteiger partial charge in [0.15, 0.2) is 0 Å². The molecule has 0 saturated heterocycles. The molecular formula is C11H14ClNO5S. The number of carbonyl (C=O) groups excluding carboxylic acids is 1. The van der Waals surface area contributed by atoms with Gasteiger partial charge in [0.1, 0.15) is 12.4 Å². The van der Waals surface area contributed by atoms with Crippen LogP contribution in [0, 0.1) is 0 Å². The Kier molecular flexibility index (Phi) is 5.59. The molecule has 106 valence electrons. The van der Waals surface area contributed by atoms with E-state index in [-0.39, 0.29) is 17.2 Å². The molecule has 1 amide bonds. The van der Waals surface area contributed by atoms with Crippen molar-refractivity contribution in [1.82, 2.24) is 0 Å². The van der Waals surface area contributed by atoms with Crippen molar-refractivity contribution in [3.63, 3.8) is 0 Å². The molecule has 0 aliphatic heterocycles. The second kappa shape index (κ2) is 6.74. The number of hydrogen-bond acceptors (Lipinski definition) is 5. The molecule has 8 heteroatoms. The Morgan fingerprint density at radius 3 is 2.63 bits per heavy atom. The Labute approximate surface area is 116 Å². The minimum atomic E-state index is -3.87. The summed E-state index contributed by atoms with van der Waals surface area (Å²) < 4.78 is 32.4. The van der Waals surface area contributed by atoms with Crippen LogP contribution in [-0.4, -0.2) is 34.6 Å². The van der Waals surface area contributed by atoms with Crippen LogP contribution in [0.5, 0.6) is 5.75 Å². The van der Waals surface area contributed by atoms with Crippen LogP contribution in [0.25, 0.3) is 0 Å². The molecular weight excluding hydrogens is 294 g/mol. The Morgan fingerprint density at radius 1 is 1.42 bits per heavy atom. The number of halogens is 1. The average Bonchev–Trinajstić information content (AvgIpc) is 2.35. The maximum atomic E-state index is 11.5. The third-order valence-corrected chi connectivity index (χ3v) is 3.52. The lowest BCUT2D eigenvalue weighted by Crippen LogP contribution is -2.18. The van der Waals surface area contributed by atoms with Gasteiger partial charge < -0.3 is 14.8 Å². The molecule has 1 N–H and O–H groups in total. The standard InChI is InChI=1S/C11H14ClNO5S/c1-3-18-7-11(14)13-9-6-8(19(12,15)16)4-5-10(9)17-2/h4-6H,3,7H2,1-2H3,(H,13,14). The predicted octanol–water partition coefficient (Wildman–Crippen LogP) is 1.60. The van der Waals surface area contributed by atoms with Crippen molar-refractivity contribution < 1.29 is 22.7 Å². The first-order valence-corrected chi connectivity index (χ1v) is 7.69. The van der Waals surface area contributed by atoms with E-state index in [0.29, 0.717) is 12.4 Å². The predicted molar refractivity (Wildman–Crippen MR) is 71.2 cm³/mol. The van der Waals surface area contributed by atoms with E-state index in [4.69, 9.17) is 20.2 Å². The minimum Gasteiger partial charge on any atom is -0.495 e. The molecule has 1 aromatic rings. The average molecular weight is 308 g/mol. The van der Waals surface area contributed by atoms with Gasteiger partial charge in [0, 0.05) is 17.3 Å². The highest BCUT2D eigenvalue weighted by Crippen LogP contribution is 2.28. The number of methoxy groups -OCH3 is 1. The molecule has 0 unspecified atom stereocenters. The number of nitrogens with one attached hydrogen (secondary N) is 1. The normalized spacial score (nSPS) is 11.1. The third-order valence-electron chi connectivity index (χ3n) is 2.16. The maximum absolute atomic E-state index is 11.5. The van der Waals surface area contributed by atoms with Gasteiger partial charge >= 0.3 is 0 Å². The van der Waals surface area contributed by atoms with Crippen LogP contribution < -0.4 is 10.1 Å². The van der Waals surface area contributed by atoms with Crippen molar-refractivity contribution in [2.45, 2.75) is 11.8 Å². The zero-order valence-electron chi connectivity index (χ0n) is 10.5. The summed E-state index contributed by atoms with van der Waals surface area (Å²) >= 11 is 0. The van der Waals surface area contributed by atoms with Gasteiger partial charge in [-0.25, -0.2) is 8.42 Å². The minimum absolute atomic E-state index is 0.123. The number of amides is 1. The summed E-state index contributed by atoms with van der Waals surface area (Å²) in [5, 5.41) is 2.50. The zero-order valence-corrected chi connectivity index (χ0v) is 12.0. The van der Waals surface area contributed by atoms with Crippen molar-refractivity contribution in [2.24, 2.45) is 0 Å². The molecule has 0 fully saturated rings. The van der Waals surface area contributed by atoms with E-state index < -0.39 is 15.0 Å². The van der Waals surface area contributed by atoms with Crippen molar-refractivity contribution >= 4 is 31.3 Å². The molecule has 0 aliphatic carbocycles. The van der Waals surface area contributed by atoms with E-state index in [0.717, 1.165) is 0 Å². The second-order valence-corrected chi connectivity index (χ2v) is 6.05. The van der Waals surface area contributed by atoms with Gasteiger partial charge in [-0.05, 0) is 25.1 Å². The quantitative estimate of drug-likeness (QED) is 0.807. The summed E-state index contributed by atoms with van der Waals surface area (Å²) in [6.45, 7) is 2.03. The number of carbonyl (C=O) groups is 1. The maximum Gasteiger partial charge on any atom is 0.261 e. The highest BCUT2D eigenvalue weighted by Gasteiger charge is 2.15. The van der Waals surface area contributed by atoms with Crippen molar-refractivity contribution in [1.29, 1.82) is 0 Å². The zero-order chi connectivity index (χ0) is 14.5. The Morgan fingerprint density at radius 2 is 2.11 bits per heavy atom. The van der Waals surface area contributed by atoms with E-state index in [1.165, 1.54) is 25.3 Å². The smallest absolute Gasteiger partial charge is 0.261 e. The number of hydrogen-bond donors (Lipinski definition) is 1. The van der Waals surface area contributed by atoms with Crippen LogP contribution >= 0.6 is 10.7 Å². The number of rotatable bonds is 6. The summed E-state index contributed by atoms with van der Waals surface area (Å²) in [7, 11) is 2.78. The summed E-state index contributed by atoms with van der Waals surface area (Å²) in [5.74, 6) is -0.0850. The first-order chi connectivity index (χ1) is 8.88. The van der Waals surface area contributed by atoms with Crippen molar-refractivity contribution in [3.8, 4) is 5.75 Å². The van der Waals surface area contributed by atoms with Crippen molar-refractivity contribution in [2.75, 3.05) is 25.6 Å². The fourth-order valence-corrected chi connectivity index (χ4v) is 2.09. The Balaban J connectivity index is 3.00. The Bertz CT molecular complexity index is 558. The lowest BCUT2D eigenvalue weighted by molar-refractivity contribution is -0.120. The van der Waals surface area contributed by atoms with Gasteiger partial charge in [0.05, 0.1) is 17.7 Å². The van der Waals surface area contributed by atoms with Crippen LogP contribution in [0.1, 0.15) is 6.92 Å². The first-order valence-electron chi connectivity index (χ1n) is 5.38. The molecule has 1 aromatic carbocycles. The lowest BCUT2D eigenvalue weighted by atomic mass is 10.3. The van der Waals surface area contributed by atoms with Crippen LogP contribution in [0.15, 0.2) is 23.1 Å².